The number of nitrogens with one attached hydrogen (secondary N) is 2. The van der Waals surface area contributed by atoms with Gasteiger partial charge in [-0.15, -0.1) is 0 Å². The molecule has 45 heavy (non-hydrogen) atoms. The van der Waals surface area contributed by atoms with E-state index in [9.17, 15) is 9.59 Å². The molecule has 7 nitrogen and oxygen atoms in total. The highest BCUT2D eigenvalue weighted by atomic mass is 35.5. The van der Waals surface area contributed by atoms with Crippen LogP contribution in [0.4, 0.5) is 5.69 Å². The van der Waals surface area contributed by atoms with Crippen molar-refractivity contribution >= 4 is 29.1 Å². The Balaban J connectivity index is 1.23. The number of anilines is 1. The summed E-state index contributed by atoms with van der Waals surface area (Å²) < 4.78 is 1.77. The number of benzene rings is 3. The van der Waals surface area contributed by atoms with E-state index in [-0.39, 0.29) is 23.8 Å². The minimum atomic E-state index is -0.119. The molecule has 236 valence electrons. The zero-order chi connectivity index (χ0) is 31.8. The van der Waals surface area contributed by atoms with Gasteiger partial charge in [0.05, 0.1) is 23.0 Å². The number of nitrogens with zero attached hydrogens (tertiary/aromatic N) is 3. The SMILES string of the molecule is CCCc1nn(-c2ccc(Cl)cc2)cc1C(=O)N[C@@H](CCN1CCC(c2cccc(NC(=O)C(C)C)c2)CC1)c1ccccc1. The van der Waals surface area contributed by atoms with Crippen molar-refractivity contribution in [2.75, 3.05) is 25.0 Å². The molecule has 1 fully saturated rings. The van der Waals surface area contributed by atoms with Gasteiger partial charge >= 0.3 is 0 Å². The summed E-state index contributed by atoms with van der Waals surface area (Å²) in [4.78, 5) is 28.5. The molecule has 2 amide bonds. The van der Waals surface area contributed by atoms with Crippen LogP contribution in [0.3, 0.4) is 0 Å². The Kier molecular flexibility index (Phi) is 11.1. The van der Waals surface area contributed by atoms with Gasteiger partial charge in [0, 0.05) is 29.4 Å². The number of hydrogen-bond acceptors (Lipinski definition) is 4. The zero-order valence-electron chi connectivity index (χ0n) is 26.5. The number of hydrogen-bond donors (Lipinski definition) is 2. The Hall–Kier alpha value is -3.94. The second-order valence-electron chi connectivity index (χ2n) is 12.3. The van der Waals surface area contributed by atoms with Crippen LogP contribution in [0.1, 0.15) is 85.6 Å². The molecule has 2 N–H and O–H groups in total. The minimum Gasteiger partial charge on any atom is -0.345 e. The fourth-order valence-corrected chi connectivity index (χ4v) is 6.07. The maximum atomic E-state index is 13.8. The van der Waals surface area contributed by atoms with Gasteiger partial charge in [-0.25, -0.2) is 4.68 Å². The molecule has 0 spiro atoms. The molecule has 3 aromatic carbocycles. The highest BCUT2D eigenvalue weighted by molar-refractivity contribution is 6.30. The topological polar surface area (TPSA) is 79.3 Å². The molecule has 8 heteroatoms. The summed E-state index contributed by atoms with van der Waals surface area (Å²) in [5.74, 6) is 0.359. The van der Waals surface area contributed by atoms with E-state index in [1.54, 1.807) is 4.68 Å². The van der Waals surface area contributed by atoms with E-state index in [1.807, 2.05) is 74.6 Å². The Labute approximate surface area is 272 Å². The highest BCUT2D eigenvalue weighted by Crippen LogP contribution is 2.30. The fourth-order valence-electron chi connectivity index (χ4n) is 5.95. The lowest BCUT2D eigenvalue weighted by atomic mass is 9.89. The van der Waals surface area contributed by atoms with E-state index < -0.39 is 0 Å². The highest BCUT2D eigenvalue weighted by Gasteiger charge is 2.24. The van der Waals surface area contributed by atoms with Crippen molar-refractivity contribution in [3.63, 3.8) is 0 Å². The molecule has 0 radical (unpaired) electrons. The molecule has 2 heterocycles. The van der Waals surface area contributed by atoms with Crippen LogP contribution in [0.2, 0.25) is 5.02 Å². The van der Waals surface area contributed by atoms with E-state index >= 15 is 0 Å². The number of rotatable bonds is 12. The first-order chi connectivity index (χ1) is 21.8. The lowest BCUT2D eigenvalue weighted by molar-refractivity contribution is -0.118. The summed E-state index contributed by atoms with van der Waals surface area (Å²) in [5, 5.41) is 11.8. The first kappa shape index (κ1) is 32.5. The normalized spacial score (nSPS) is 14.8. The third-order valence-corrected chi connectivity index (χ3v) is 8.84. The van der Waals surface area contributed by atoms with E-state index in [0.717, 1.165) is 74.4 Å². The maximum absolute atomic E-state index is 13.8. The quantitative estimate of drug-likeness (QED) is 0.168. The molecule has 0 saturated carbocycles. The van der Waals surface area contributed by atoms with Crippen molar-refractivity contribution < 1.29 is 9.59 Å². The molecular formula is C37H44ClN5O2. The number of halogens is 1. The number of carbonyl (C=O) groups is 2. The molecule has 0 aliphatic carbocycles. The number of likely N-dealkylation sites (tertiary alicyclic amines) is 1. The number of carbonyl (C=O) groups excluding carboxylic acids is 2. The van der Waals surface area contributed by atoms with Gasteiger partial charge in [-0.05, 0) is 92.2 Å². The molecule has 1 aliphatic heterocycles. The first-order valence-electron chi connectivity index (χ1n) is 16.1. The van der Waals surface area contributed by atoms with Crippen molar-refractivity contribution in [3.05, 3.63) is 112 Å². The van der Waals surface area contributed by atoms with Crippen molar-refractivity contribution in [1.82, 2.24) is 20.0 Å². The predicted octanol–water partition coefficient (Wildman–Crippen LogP) is 7.81. The number of aryl methyl sites for hydroxylation is 1. The number of amides is 2. The lowest BCUT2D eigenvalue weighted by Gasteiger charge is -2.33. The molecular weight excluding hydrogens is 582 g/mol. The van der Waals surface area contributed by atoms with Crippen molar-refractivity contribution in [2.45, 2.75) is 64.8 Å². The van der Waals surface area contributed by atoms with Gasteiger partial charge in [0.2, 0.25) is 5.91 Å². The van der Waals surface area contributed by atoms with Crippen LogP contribution in [0.15, 0.2) is 85.1 Å². The molecule has 1 saturated heterocycles. The standard InChI is InChI=1S/C37H44ClN5O2/c1-4-9-35-33(25-43(41-35)32-16-14-30(38)15-17-32)37(45)40-34(28-10-6-5-7-11-28)20-23-42-21-18-27(19-22-42)29-12-8-13-31(24-29)39-36(44)26(2)3/h5-8,10-17,24-27,34H,4,9,18-23H2,1-3H3,(H,39,44)(H,40,45)/t34-/m0/s1. The smallest absolute Gasteiger partial charge is 0.255 e. The molecule has 1 atom stereocenters. The maximum Gasteiger partial charge on any atom is 0.255 e. The second-order valence-corrected chi connectivity index (χ2v) is 12.7. The van der Waals surface area contributed by atoms with Gasteiger partial charge in [0.1, 0.15) is 0 Å². The predicted molar refractivity (Wildman–Crippen MR) is 182 cm³/mol. The summed E-state index contributed by atoms with van der Waals surface area (Å²) >= 11 is 6.09. The van der Waals surface area contributed by atoms with Gasteiger partial charge in [0.25, 0.3) is 5.91 Å². The van der Waals surface area contributed by atoms with Gasteiger partial charge < -0.3 is 15.5 Å². The summed E-state index contributed by atoms with van der Waals surface area (Å²) in [5.41, 5.74) is 5.53. The van der Waals surface area contributed by atoms with Crippen molar-refractivity contribution in [1.29, 1.82) is 0 Å². The third kappa shape index (κ3) is 8.62. The minimum absolute atomic E-state index is 0.0407. The molecule has 1 aliphatic rings. The van der Waals surface area contributed by atoms with Crippen molar-refractivity contribution in [3.8, 4) is 5.69 Å². The van der Waals surface area contributed by atoms with Crippen LogP contribution in [0, 0.1) is 5.92 Å². The van der Waals surface area contributed by atoms with Crippen LogP contribution in [-0.4, -0.2) is 46.1 Å². The lowest BCUT2D eigenvalue weighted by Crippen LogP contribution is -2.37. The second kappa shape index (κ2) is 15.4. The molecule has 0 bridgehead atoms. The Morgan fingerprint density at radius 2 is 1.71 bits per heavy atom. The average Bonchev–Trinajstić information content (AvgIpc) is 3.48. The zero-order valence-corrected chi connectivity index (χ0v) is 27.3. The number of piperidine rings is 1. The summed E-state index contributed by atoms with van der Waals surface area (Å²) in [6, 6.07) is 25.9. The Morgan fingerprint density at radius 1 is 0.978 bits per heavy atom. The summed E-state index contributed by atoms with van der Waals surface area (Å²) in [6.07, 6.45) is 6.39. The van der Waals surface area contributed by atoms with E-state index in [4.69, 9.17) is 16.7 Å². The van der Waals surface area contributed by atoms with E-state index in [0.29, 0.717) is 16.5 Å². The van der Waals surface area contributed by atoms with Crippen LogP contribution >= 0.6 is 11.6 Å². The van der Waals surface area contributed by atoms with Crippen LogP contribution in [0.5, 0.6) is 0 Å². The first-order valence-corrected chi connectivity index (χ1v) is 16.5. The Morgan fingerprint density at radius 3 is 2.40 bits per heavy atom. The largest absolute Gasteiger partial charge is 0.345 e. The van der Waals surface area contributed by atoms with Crippen LogP contribution in [-0.2, 0) is 11.2 Å². The van der Waals surface area contributed by atoms with Crippen LogP contribution < -0.4 is 10.6 Å². The van der Waals surface area contributed by atoms with E-state index in [1.165, 1.54) is 5.56 Å². The van der Waals surface area contributed by atoms with Gasteiger partial charge in [-0.1, -0.05) is 81.3 Å². The molecule has 5 rings (SSSR count). The Bertz CT molecular complexity index is 1560. The molecule has 0 unspecified atom stereocenters. The van der Waals surface area contributed by atoms with Gasteiger partial charge in [-0.3, -0.25) is 9.59 Å². The van der Waals surface area contributed by atoms with E-state index in [2.05, 4.69) is 46.7 Å². The van der Waals surface area contributed by atoms with Crippen LogP contribution in [0.25, 0.3) is 5.69 Å². The van der Waals surface area contributed by atoms with Gasteiger partial charge in [-0.2, -0.15) is 5.10 Å². The average molecular weight is 626 g/mol. The molecule has 4 aromatic rings. The third-order valence-electron chi connectivity index (χ3n) is 8.59. The number of aromatic nitrogens is 2. The monoisotopic (exact) mass is 625 g/mol. The summed E-state index contributed by atoms with van der Waals surface area (Å²) in [7, 11) is 0. The fraction of sp³-hybridized carbons (Fsp3) is 0.378. The summed E-state index contributed by atoms with van der Waals surface area (Å²) in [6.45, 7) is 8.80. The van der Waals surface area contributed by atoms with Crippen molar-refractivity contribution in [2.24, 2.45) is 5.92 Å². The molecule has 1 aromatic heterocycles. The van der Waals surface area contributed by atoms with Gasteiger partial charge in [0.15, 0.2) is 0 Å².